The maximum atomic E-state index is 5.84. The van der Waals surface area contributed by atoms with Crippen molar-refractivity contribution in [2.75, 3.05) is 7.05 Å². The van der Waals surface area contributed by atoms with Crippen LogP contribution in [-0.2, 0) is 4.74 Å². The lowest BCUT2D eigenvalue weighted by Gasteiger charge is -2.20. The van der Waals surface area contributed by atoms with E-state index >= 15 is 0 Å². The molecule has 3 atom stereocenters. The zero-order chi connectivity index (χ0) is 9.97. The van der Waals surface area contributed by atoms with Crippen molar-refractivity contribution in [3.8, 4) is 0 Å². The van der Waals surface area contributed by atoms with Crippen LogP contribution in [-0.4, -0.2) is 24.2 Å². The van der Waals surface area contributed by atoms with E-state index in [0.717, 1.165) is 17.8 Å². The molecule has 1 aliphatic rings. The third-order valence-electron chi connectivity index (χ3n) is 2.67. The van der Waals surface area contributed by atoms with E-state index in [9.17, 15) is 0 Å². The molecule has 0 spiro atoms. The molecule has 78 valence electrons. The predicted octanol–water partition coefficient (Wildman–Crippen LogP) is 1.97. The number of aromatic nitrogens is 1. The van der Waals surface area contributed by atoms with Crippen LogP contribution in [0, 0.1) is 0 Å². The molecule has 2 heterocycles. The highest BCUT2D eigenvalue weighted by Crippen LogP contribution is 2.30. The van der Waals surface area contributed by atoms with Gasteiger partial charge in [0.05, 0.1) is 18.2 Å². The lowest BCUT2D eigenvalue weighted by molar-refractivity contribution is 0.0333. The molecule has 1 aliphatic heterocycles. The Morgan fingerprint density at radius 3 is 3.00 bits per heavy atom. The summed E-state index contributed by atoms with van der Waals surface area (Å²) in [7, 11) is 1.97. The van der Waals surface area contributed by atoms with Gasteiger partial charge in [0.1, 0.15) is 5.01 Å². The number of likely N-dealkylation sites (N-methyl/N-ethyl adjacent to an activating group) is 1. The zero-order valence-corrected chi connectivity index (χ0v) is 9.38. The first-order valence-corrected chi connectivity index (χ1v) is 5.91. The van der Waals surface area contributed by atoms with Crippen LogP contribution in [0.5, 0.6) is 0 Å². The fraction of sp³-hybridized carbons (Fsp3) is 0.700. The first kappa shape index (κ1) is 10.1. The van der Waals surface area contributed by atoms with Crippen LogP contribution in [0.15, 0.2) is 11.6 Å². The van der Waals surface area contributed by atoms with Crippen molar-refractivity contribution >= 4 is 11.3 Å². The Morgan fingerprint density at radius 2 is 2.50 bits per heavy atom. The lowest BCUT2D eigenvalue weighted by atomic mass is 10.1. The molecule has 0 saturated carbocycles. The highest BCUT2D eigenvalue weighted by atomic mass is 32.1. The summed E-state index contributed by atoms with van der Waals surface area (Å²) in [5.74, 6) is 0. The Hall–Kier alpha value is -0.450. The fourth-order valence-electron chi connectivity index (χ4n) is 1.94. The molecule has 3 unspecified atom stereocenters. The van der Waals surface area contributed by atoms with E-state index < -0.39 is 0 Å². The summed E-state index contributed by atoms with van der Waals surface area (Å²) in [6.45, 7) is 2.13. The molecule has 0 aliphatic carbocycles. The van der Waals surface area contributed by atoms with Crippen LogP contribution in [0.2, 0.25) is 0 Å². The van der Waals surface area contributed by atoms with E-state index in [4.69, 9.17) is 4.74 Å². The highest BCUT2D eigenvalue weighted by Gasteiger charge is 2.30. The van der Waals surface area contributed by atoms with E-state index in [-0.39, 0.29) is 6.04 Å². The maximum Gasteiger partial charge on any atom is 0.112 e. The van der Waals surface area contributed by atoms with Crippen LogP contribution in [0.3, 0.4) is 0 Å². The molecular weight excluding hydrogens is 196 g/mol. The molecule has 3 nitrogen and oxygen atoms in total. The van der Waals surface area contributed by atoms with Crippen molar-refractivity contribution in [2.24, 2.45) is 0 Å². The van der Waals surface area contributed by atoms with Crippen LogP contribution in [0.25, 0.3) is 0 Å². The molecule has 0 amide bonds. The molecule has 1 fully saturated rings. The largest absolute Gasteiger partial charge is 0.373 e. The molecule has 4 heteroatoms. The molecule has 1 aromatic rings. The Balaban J connectivity index is 2.07. The van der Waals surface area contributed by atoms with Crippen molar-refractivity contribution in [1.82, 2.24) is 10.3 Å². The number of hydrogen-bond donors (Lipinski definition) is 1. The maximum absolute atomic E-state index is 5.84. The van der Waals surface area contributed by atoms with Gasteiger partial charge in [0.25, 0.3) is 0 Å². The van der Waals surface area contributed by atoms with Gasteiger partial charge in [0.2, 0.25) is 0 Å². The van der Waals surface area contributed by atoms with E-state index in [1.165, 1.54) is 0 Å². The average Bonchev–Trinajstić information content (AvgIpc) is 2.79. The Kier molecular flexibility index (Phi) is 3.15. The summed E-state index contributed by atoms with van der Waals surface area (Å²) >= 11 is 1.69. The first-order chi connectivity index (χ1) is 6.81. The number of rotatable bonds is 3. The molecule has 14 heavy (non-hydrogen) atoms. The van der Waals surface area contributed by atoms with Crippen molar-refractivity contribution in [1.29, 1.82) is 0 Å². The van der Waals surface area contributed by atoms with Crippen LogP contribution < -0.4 is 5.32 Å². The molecule has 1 N–H and O–H groups in total. The second kappa shape index (κ2) is 4.38. The Labute approximate surface area is 88.5 Å². The van der Waals surface area contributed by atoms with Crippen molar-refractivity contribution < 1.29 is 4.74 Å². The van der Waals surface area contributed by atoms with Crippen LogP contribution in [0.1, 0.15) is 30.8 Å². The van der Waals surface area contributed by atoms with Gasteiger partial charge in [-0.3, -0.25) is 0 Å². The highest BCUT2D eigenvalue weighted by molar-refractivity contribution is 7.09. The Morgan fingerprint density at radius 1 is 1.64 bits per heavy atom. The van der Waals surface area contributed by atoms with Gasteiger partial charge >= 0.3 is 0 Å². The lowest BCUT2D eigenvalue weighted by Crippen LogP contribution is -2.29. The molecule has 2 rings (SSSR count). The number of nitrogens with one attached hydrogen (secondary N) is 1. The topological polar surface area (TPSA) is 34.2 Å². The van der Waals surface area contributed by atoms with Crippen molar-refractivity contribution in [2.45, 2.75) is 38.0 Å². The minimum atomic E-state index is 0.264. The summed E-state index contributed by atoms with van der Waals surface area (Å²) < 4.78 is 5.84. The van der Waals surface area contributed by atoms with Gasteiger partial charge in [-0.2, -0.15) is 0 Å². The van der Waals surface area contributed by atoms with Gasteiger partial charge in [-0.15, -0.1) is 11.3 Å². The molecule has 0 bridgehead atoms. The number of ether oxygens (including phenoxy) is 1. The smallest absolute Gasteiger partial charge is 0.112 e. The summed E-state index contributed by atoms with van der Waals surface area (Å²) in [6.07, 6.45) is 4.83. The van der Waals surface area contributed by atoms with Gasteiger partial charge in [0, 0.05) is 11.6 Å². The van der Waals surface area contributed by atoms with Crippen LogP contribution >= 0.6 is 11.3 Å². The second-order valence-corrected chi connectivity index (χ2v) is 4.63. The third-order valence-corrected chi connectivity index (χ3v) is 3.52. The monoisotopic (exact) mass is 212 g/mol. The standard InChI is InChI=1S/C10H16N2OS/c1-7-3-4-8(13-7)9(11-2)10-12-5-6-14-10/h5-9,11H,3-4H2,1-2H3. The number of thiazole rings is 1. The zero-order valence-electron chi connectivity index (χ0n) is 8.56. The minimum absolute atomic E-state index is 0.264. The Bertz CT molecular complexity index is 276. The number of nitrogens with zero attached hydrogens (tertiary/aromatic N) is 1. The first-order valence-electron chi connectivity index (χ1n) is 5.03. The second-order valence-electron chi connectivity index (χ2n) is 3.70. The number of hydrogen-bond acceptors (Lipinski definition) is 4. The molecule has 1 saturated heterocycles. The third kappa shape index (κ3) is 1.97. The summed E-state index contributed by atoms with van der Waals surface area (Å²) in [4.78, 5) is 4.33. The summed E-state index contributed by atoms with van der Waals surface area (Å²) in [5.41, 5.74) is 0. The summed E-state index contributed by atoms with van der Waals surface area (Å²) in [6, 6.07) is 0.264. The average molecular weight is 212 g/mol. The SMILES string of the molecule is CNC(c1nccs1)C1CCC(C)O1. The van der Waals surface area contributed by atoms with Gasteiger partial charge in [-0.1, -0.05) is 0 Å². The van der Waals surface area contributed by atoms with Gasteiger partial charge in [0.15, 0.2) is 0 Å². The van der Waals surface area contributed by atoms with E-state index in [2.05, 4.69) is 17.2 Å². The van der Waals surface area contributed by atoms with Gasteiger partial charge < -0.3 is 10.1 Å². The van der Waals surface area contributed by atoms with Crippen molar-refractivity contribution in [3.05, 3.63) is 16.6 Å². The van der Waals surface area contributed by atoms with E-state index in [1.807, 2.05) is 18.6 Å². The van der Waals surface area contributed by atoms with Crippen molar-refractivity contribution in [3.63, 3.8) is 0 Å². The molecule has 0 radical (unpaired) electrons. The van der Waals surface area contributed by atoms with Gasteiger partial charge in [-0.05, 0) is 26.8 Å². The predicted molar refractivity (Wildman–Crippen MR) is 57.5 cm³/mol. The summed E-state index contributed by atoms with van der Waals surface area (Å²) in [5, 5.41) is 6.43. The molecule has 1 aromatic heterocycles. The van der Waals surface area contributed by atoms with Gasteiger partial charge in [-0.25, -0.2) is 4.98 Å². The molecular formula is C10H16N2OS. The quantitative estimate of drug-likeness (QED) is 0.831. The fourth-order valence-corrected chi connectivity index (χ4v) is 2.73. The molecule has 0 aromatic carbocycles. The normalized spacial score (nSPS) is 29.3. The van der Waals surface area contributed by atoms with Crippen LogP contribution in [0.4, 0.5) is 0 Å². The van der Waals surface area contributed by atoms with E-state index in [0.29, 0.717) is 12.2 Å². The minimum Gasteiger partial charge on any atom is -0.373 e. The van der Waals surface area contributed by atoms with E-state index in [1.54, 1.807) is 11.3 Å².